The van der Waals surface area contributed by atoms with Gasteiger partial charge in [0.15, 0.2) is 0 Å². The first kappa shape index (κ1) is 8.12. The molecule has 3 nitrogen and oxygen atoms in total. The van der Waals surface area contributed by atoms with Crippen LogP contribution in [-0.4, -0.2) is 22.6 Å². The first-order valence-corrected chi connectivity index (χ1v) is 5.14. The standard InChI is InChI=1S/C11H13N3/c1-2-14-11-4-8(1)3-10(11)9-5-12-7-13-6-9/h3,5-8,11,14H,1-2,4H2. The van der Waals surface area contributed by atoms with Gasteiger partial charge in [0.2, 0.25) is 0 Å². The summed E-state index contributed by atoms with van der Waals surface area (Å²) in [5, 5.41) is 3.54. The second-order valence-electron chi connectivity index (χ2n) is 4.04. The number of hydrogen-bond acceptors (Lipinski definition) is 3. The van der Waals surface area contributed by atoms with Crippen LogP contribution >= 0.6 is 0 Å². The molecule has 2 aliphatic rings. The van der Waals surface area contributed by atoms with Crippen LogP contribution in [0.2, 0.25) is 0 Å². The number of piperidine rings is 1. The van der Waals surface area contributed by atoms with Crippen LogP contribution in [0, 0.1) is 5.92 Å². The highest BCUT2D eigenvalue weighted by atomic mass is 14.9. The second-order valence-corrected chi connectivity index (χ2v) is 4.04. The lowest BCUT2D eigenvalue weighted by atomic mass is 9.98. The number of nitrogens with one attached hydrogen (secondary N) is 1. The summed E-state index contributed by atoms with van der Waals surface area (Å²) in [5.74, 6) is 0.774. The first-order chi connectivity index (χ1) is 6.93. The molecule has 2 unspecified atom stereocenters. The molecule has 72 valence electrons. The van der Waals surface area contributed by atoms with Crippen LogP contribution in [0.3, 0.4) is 0 Å². The molecule has 3 rings (SSSR count). The smallest absolute Gasteiger partial charge is 0.115 e. The van der Waals surface area contributed by atoms with E-state index in [1.165, 1.54) is 24.0 Å². The van der Waals surface area contributed by atoms with Gasteiger partial charge in [-0.15, -0.1) is 0 Å². The van der Waals surface area contributed by atoms with Gasteiger partial charge in [-0.1, -0.05) is 6.08 Å². The van der Waals surface area contributed by atoms with Gasteiger partial charge >= 0.3 is 0 Å². The molecule has 1 aromatic heterocycles. The van der Waals surface area contributed by atoms with E-state index in [0.29, 0.717) is 6.04 Å². The Kier molecular flexibility index (Phi) is 1.84. The summed E-state index contributed by atoms with van der Waals surface area (Å²) >= 11 is 0. The fourth-order valence-corrected chi connectivity index (χ4v) is 2.45. The summed E-state index contributed by atoms with van der Waals surface area (Å²) in [6, 6.07) is 0.541. The number of hydrogen-bond donors (Lipinski definition) is 1. The van der Waals surface area contributed by atoms with Crippen molar-refractivity contribution in [2.75, 3.05) is 6.54 Å². The van der Waals surface area contributed by atoms with E-state index in [4.69, 9.17) is 0 Å². The van der Waals surface area contributed by atoms with Gasteiger partial charge in [0.05, 0.1) is 0 Å². The summed E-state index contributed by atoms with van der Waals surface area (Å²) < 4.78 is 0. The molecule has 0 amide bonds. The number of rotatable bonds is 1. The molecule has 1 aliphatic heterocycles. The Morgan fingerprint density at radius 3 is 2.93 bits per heavy atom. The molecule has 1 aromatic rings. The summed E-state index contributed by atoms with van der Waals surface area (Å²) in [7, 11) is 0. The second kappa shape index (κ2) is 3.17. The number of fused-ring (bicyclic) bond motifs is 2. The fraction of sp³-hybridized carbons (Fsp3) is 0.455. The predicted octanol–water partition coefficient (Wildman–Crippen LogP) is 1.24. The number of nitrogens with zero attached hydrogens (tertiary/aromatic N) is 2. The third kappa shape index (κ3) is 1.24. The summed E-state index contributed by atoms with van der Waals surface area (Å²) in [4.78, 5) is 8.13. The van der Waals surface area contributed by atoms with E-state index in [0.717, 1.165) is 12.5 Å². The Balaban J connectivity index is 1.96. The monoisotopic (exact) mass is 187 g/mol. The van der Waals surface area contributed by atoms with Gasteiger partial charge in [0.1, 0.15) is 6.33 Å². The van der Waals surface area contributed by atoms with Crippen LogP contribution in [0.5, 0.6) is 0 Å². The quantitative estimate of drug-likeness (QED) is 0.718. The van der Waals surface area contributed by atoms with Crippen molar-refractivity contribution in [3.05, 3.63) is 30.4 Å². The normalized spacial score (nSPS) is 30.1. The Bertz CT molecular complexity index is 358. The van der Waals surface area contributed by atoms with Crippen molar-refractivity contribution < 1.29 is 0 Å². The lowest BCUT2D eigenvalue weighted by Gasteiger charge is -2.22. The van der Waals surface area contributed by atoms with Crippen LogP contribution in [-0.2, 0) is 0 Å². The molecule has 2 heterocycles. The van der Waals surface area contributed by atoms with Crippen molar-refractivity contribution in [1.29, 1.82) is 0 Å². The topological polar surface area (TPSA) is 37.8 Å². The zero-order valence-corrected chi connectivity index (χ0v) is 7.98. The lowest BCUT2D eigenvalue weighted by Crippen LogP contribution is -2.34. The van der Waals surface area contributed by atoms with Crippen molar-refractivity contribution in [1.82, 2.24) is 15.3 Å². The Labute approximate surface area is 83.3 Å². The number of allylic oxidation sites excluding steroid dienone is 1. The van der Waals surface area contributed by atoms with Gasteiger partial charge < -0.3 is 5.32 Å². The minimum absolute atomic E-state index is 0.541. The van der Waals surface area contributed by atoms with Gasteiger partial charge in [-0.2, -0.15) is 0 Å². The molecule has 1 aliphatic carbocycles. The highest BCUT2D eigenvalue weighted by Crippen LogP contribution is 2.35. The SMILES string of the molecule is C1=C(c2cncnc2)C2CC1CCN2. The third-order valence-corrected chi connectivity index (χ3v) is 3.13. The van der Waals surface area contributed by atoms with E-state index in [1.54, 1.807) is 6.33 Å². The minimum Gasteiger partial charge on any atom is -0.310 e. The molecular weight excluding hydrogens is 174 g/mol. The van der Waals surface area contributed by atoms with Gasteiger partial charge in [-0.25, -0.2) is 9.97 Å². The largest absolute Gasteiger partial charge is 0.310 e. The zero-order chi connectivity index (χ0) is 9.38. The average molecular weight is 187 g/mol. The maximum Gasteiger partial charge on any atom is 0.115 e. The Morgan fingerprint density at radius 1 is 1.29 bits per heavy atom. The van der Waals surface area contributed by atoms with E-state index < -0.39 is 0 Å². The summed E-state index contributed by atoms with van der Waals surface area (Å²) in [5.41, 5.74) is 2.57. The highest BCUT2D eigenvalue weighted by molar-refractivity contribution is 5.71. The average Bonchev–Trinajstić information content (AvgIpc) is 2.55. The van der Waals surface area contributed by atoms with Crippen molar-refractivity contribution in [2.45, 2.75) is 18.9 Å². The van der Waals surface area contributed by atoms with Crippen LogP contribution in [0.4, 0.5) is 0 Å². The Hall–Kier alpha value is -1.22. The van der Waals surface area contributed by atoms with Crippen LogP contribution in [0.25, 0.3) is 5.57 Å². The molecule has 14 heavy (non-hydrogen) atoms. The minimum atomic E-state index is 0.541. The molecular formula is C11H13N3. The summed E-state index contributed by atoms with van der Waals surface area (Å²) in [6.45, 7) is 1.14. The van der Waals surface area contributed by atoms with E-state index in [2.05, 4.69) is 21.4 Å². The van der Waals surface area contributed by atoms with Crippen LogP contribution in [0.15, 0.2) is 24.8 Å². The van der Waals surface area contributed by atoms with Gasteiger partial charge in [-0.05, 0) is 30.9 Å². The Morgan fingerprint density at radius 2 is 2.14 bits per heavy atom. The van der Waals surface area contributed by atoms with Crippen molar-refractivity contribution in [2.24, 2.45) is 5.92 Å². The molecule has 2 atom stereocenters. The van der Waals surface area contributed by atoms with E-state index in [-0.39, 0.29) is 0 Å². The predicted molar refractivity (Wildman–Crippen MR) is 54.5 cm³/mol. The van der Waals surface area contributed by atoms with Crippen LogP contribution < -0.4 is 5.32 Å². The van der Waals surface area contributed by atoms with E-state index in [1.807, 2.05) is 12.4 Å². The molecule has 1 fully saturated rings. The van der Waals surface area contributed by atoms with Crippen molar-refractivity contribution >= 4 is 5.57 Å². The van der Waals surface area contributed by atoms with E-state index in [9.17, 15) is 0 Å². The first-order valence-electron chi connectivity index (χ1n) is 5.14. The number of aromatic nitrogens is 2. The van der Waals surface area contributed by atoms with Gasteiger partial charge in [-0.3, -0.25) is 0 Å². The van der Waals surface area contributed by atoms with Crippen LogP contribution in [0.1, 0.15) is 18.4 Å². The summed E-state index contributed by atoms with van der Waals surface area (Å²) in [6.07, 6.45) is 10.3. The molecule has 1 N–H and O–H groups in total. The van der Waals surface area contributed by atoms with Crippen molar-refractivity contribution in [3.63, 3.8) is 0 Å². The van der Waals surface area contributed by atoms with E-state index >= 15 is 0 Å². The molecule has 0 radical (unpaired) electrons. The third-order valence-electron chi connectivity index (χ3n) is 3.13. The van der Waals surface area contributed by atoms with Crippen molar-refractivity contribution in [3.8, 4) is 0 Å². The maximum absolute atomic E-state index is 4.06. The zero-order valence-electron chi connectivity index (χ0n) is 7.98. The maximum atomic E-state index is 4.06. The molecule has 2 bridgehead atoms. The van der Waals surface area contributed by atoms with Gasteiger partial charge in [0.25, 0.3) is 0 Å². The van der Waals surface area contributed by atoms with Gasteiger partial charge in [0, 0.05) is 24.0 Å². The molecule has 0 saturated carbocycles. The molecule has 0 aromatic carbocycles. The highest BCUT2D eigenvalue weighted by Gasteiger charge is 2.30. The molecule has 3 heteroatoms. The molecule has 0 spiro atoms. The lowest BCUT2D eigenvalue weighted by molar-refractivity contribution is 0.417. The molecule has 1 saturated heterocycles. The fourth-order valence-electron chi connectivity index (χ4n) is 2.45.